The highest BCUT2D eigenvalue weighted by Crippen LogP contribution is 2.13. The van der Waals surface area contributed by atoms with E-state index in [1.165, 1.54) is 0 Å². The number of amides is 1. The van der Waals surface area contributed by atoms with Crippen molar-refractivity contribution in [3.8, 4) is 0 Å². The first-order valence-electron chi connectivity index (χ1n) is 6.88. The quantitative estimate of drug-likeness (QED) is 0.223. The molecule has 9 nitrogen and oxygen atoms in total. The molecule has 0 fully saturated rings. The van der Waals surface area contributed by atoms with Gasteiger partial charge in [0.25, 0.3) is 17.3 Å². The summed E-state index contributed by atoms with van der Waals surface area (Å²) < 4.78 is 22.8. The molecule has 1 aromatic heterocycles. The van der Waals surface area contributed by atoms with Crippen molar-refractivity contribution in [2.45, 2.75) is 6.42 Å². The second-order valence-corrected chi connectivity index (χ2v) is 5.02. The van der Waals surface area contributed by atoms with Crippen LogP contribution in [0.5, 0.6) is 0 Å². The van der Waals surface area contributed by atoms with Crippen LogP contribution in [0.25, 0.3) is 10.8 Å². The molecule has 24 heavy (non-hydrogen) atoms. The fraction of sp³-hybridized carbons (Fsp3) is 0.214. The zero-order valence-corrected chi connectivity index (χ0v) is 13.6. The molecule has 0 radical (unpaired) electrons. The van der Waals surface area contributed by atoms with Crippen molar-refractivity contribution in [2.75, 3.05) is 13.1 Å². The molecule has 10 heteroatoms. The third-order valence-electron chi connectivity index (χ3n) is 2.78. The molecular weight excluding hydrogens is 334 g/mol. The highest BCUT2D eigenvalue weighted by Gasteiger charge is 2.06. The van der Waals surface area contributed by atoms with Gasteiger partial charge in [-0.1, -0.05) is 24.3 Å². The number of fused-ring (bicyclic) bond motifs is 1. The van der Waals surface area contributed by atoms with E-state index < -0.39 is 11.4 Å². The Hall–Kier alpha value is -2.56. The van der Waals surface area contributed by atoms with Gasteiger partial charge in [0.1, 0.15) is 5.69 Å². The van der Waals surface area contributed by atoms with Crippen molar-refractivity contribution in [3.63, 3.8) is 0 Å². The molecule has 0 aliphatic carbocycles. The summed E-state index contributed by atoms with van der Waals surface area (Å²) in [5.41, 5.74) is 10.8. The number of aliphatic imine (C=N–C) groups is 1. The van der Waals surface area contributed by atoms with E-state index in [0.717, 1.165) is 10.8 Å². The minimum atomic E-state index is -2.61. The van der Waals surface area contributed by atoms with Gasteiger partial charge in [-0.2, -0.15) is 4.21 Å². The Morgan fingerprint density at radius 2 is 1.88 bits per heavy atom. The minimum Gasteiger partial charge on any atom is -0.370 e. The first kappa shape index (κ1) is 19.5. The normalized spacial score (nSPS) is 9.96. The van der Waals surface area contributed by atoms with Gasteiger partial charge in [0, 0.05) is 24.7 Å². The van der Waals surface area contributed by atoms with Crippen LogP contribution in [0.4, 0.5) is 0 Å². The molecule has 2 aromatic rings. The lowest BCUT2D eigenvalue weighted by Gasteiger charge is -2.04. The third-order valence-corrected chi connectivity index (χ3v) is 2.78. The zero-order chi connectivity index (χ0) is 17.9. The van der Waals surface area contributed by atoms with E-state index in [9.17, 15) is 4.79 Å². The molecule has 130 valence electrons. The number of nitrogens with two attached hydrogens (primary N) is 2. The fourth-order valence-corrected chi connectivity index (χ4v) is 1.79. The summed E-state index contributed by atoms with van der Waals surface area (Å²) in [5.74, 6) is -0.132. The van der Waals surface area contributed by atoms with Crippen molar-refractivity contribution in [3.05, 3.63) is 42.2 Å². The van der Waals surface area contributed by atoms with Crippen LogP contribution in [-0.2, 0) is 11.4 Å². The molecule has 0 atom stereocenters. The summed E-state index contributed by atoms with van der Waals surface area (Å²) in [5, 5.41) is 4.79. The van der Waals surface area contributed by atoms with Gasteiger partial charge in [-0.25, -0.2) is 0 Å². The van der Waals surface area contributed by atoms with Crippen LogP contribution in [0, 0.1) is 0 Å². The fourth-order valence-electron chi connectivity index (χ4n) is 1.79. The van der Waals surface area contributed by atoms with E-state index in [4.69, 9.17) is 24.8 Å². The smallest absolute Gasteiger partial charge is 0.299 e. The van der Waals surface area contributed by atoms with Gasteiger partial charge in [-0.05, 0) is 17.9 Å². The Morgan fingerprint density at radius 1 is 1.25 bits per heavy atom. The maximum atomic E-state index is 11.9. The predicted octanol–water partition coefficient (Wildman–Crippen LogP) is 0.309. The molecule has 0 aliphatic heterocycles. The first-order valence-corrected chi connectivity index (χ1v) is 7.95. The highest BCUT2D eigenvalue weighted by atomic mass is 32.2. The highest BCUT2D eigenvalue weighted by molar-refractivity contribution is 7.73. The summed E-state index contributed by atoms with van der Waals surface area (Å²) in [7, 11) is 0. The number of nitrogens with one attached hydrogen (secondary N) is 1. The number of rotatable bonds is 5. The maximum absolute atomic E-state index is 11.9. The summed E-state index contributed by atoms with van der Waals surface area (Å²) >= 11 is -2.61. The second-order valence-electron chi connectivity index (χ2n) is 4.56. The molecular formula is C14H19N5O4S. The number of carbonyl (C=O) groups excluding carboxylic acids is 1. The number of hydrogen-bond donors (Lipinski definition) is 5. The van der Waals surface area contributed by atoms with Crippen LogP contribution in [0.15, 0.2) is 41.5 Å². The SMILES string of the molecule is NC(N)=NCCCNC(=O)c1cc2ccccc2cn1.O=S(O)O. The number of aromatic nitrogens is 1. The number of hydrogen-bond acceptors (Lipinski definition) is 4. The van der Waals surface area contributed by atoms with Gasteiger partial charge in [-0.3, -0.25) is 23.9 Å². The predicted molar refractivity (Wildman–Crippen MR) is 92.8 cm³/mol. The van der Waals surface area contributed by atoms with Crippen molar-refractivity contribution in [1.82, 2.24) is 10.3 Å². The van der Waals surface area contributed by atoms with Gasteiger partial charge >= 0.3 is 0 Å². The zero-order valence-electron chi connectivity index (χ0n) is 12.8. The van der Waals surface area contributed by atoms with E-state index in [1.54, 1.807) is 12.3 Å². The lowest BCUT2D eigenvalue weighted by Crippen LogP contribution is -2.26. The first-order chi connectivity index (χ1) is 11.4. The van der Waals surface area contributed by atoms with E-state index in [2.05, 4.69) is 15.3 Å². The Morgan fingerprint density at radius 3 is 2.50 bits per heavy atom. The van der Waals surface area contributed by atoms with Crippen LogP contribution < -0.4 is 16.8 Å². The van der Waals surface area contributed by atoms with Gasteiger partial charge < -0.3 is 16.8 Å². The number of benzene rings is 1. The maximum Gasteiger partial charge on any atom is 0.299 e. The molecule has 1 amide bonds. The molecule has 0 unspecified atom stereocenters. The second kappa shape index (κ2) is 10.3. The van der Waals surface area contributed by atoms with Gasteiger partial charge in [0.2, 0.25) is 0 Å². The number of nitrogens with zero attached hydrogens (tertiary/aromatic N) is 2. The monoisotopic (exact) mass is 353 g/mol. The molecule has 0 spiro atoms. The Labute approximate surface area is 141 Å². The van der Waals surface area contributed by atoms with E-state index in [1.807, 2.05) is 24.3 Å². The standard InChI is InChI=1S/C14H17N5O.H2O3S/c15-14(16)18-7-3-6-17-13(20)12-8-10-4-1-2-5-11(10)9-19-12;1-4(2)3/h1-2,4-5,8-9H,3,6-7H2,(H,17,20)(H4,15,16,18);(H2,1,2,3). The molecule has 0 aliphatic rings. The minimum absolute atomic E-state index is 0.0625. The topological polar surface area (TPSA) is 164 Å². The summed E-state index contributed by atoms with van der Waals surface area (Å²) in [4.78, 5) is 19.9. The Balaban J connectivity index is 0.000000648. The van der Waals surface area contributed by atoms with Crippen molar-refractivity contribution < 1.29 is 18.1 Å². The number of pyridine rings is 1. The third kappa shape index (κ3) is 7.63. The van der Waals surface area contributed by atoms with E-state index in [-0.39, 0.29) is 11.9 Å². The van der Waals surface area contributed by atoms with Crippen LogP contribution >= 0.6 is 0 Å². The summed E-state index contributed by atoms with van der Waals surface area (Å²) in [6.07, 6.45) is 2.38. The molecule has 0 saturated heterocycles. The van der Waals surface area contributed by atoms with Crippen LogP contribution in [0.2, 0.25) is 0 Å². The number of guanidine groups is 1. The molecule has 0 bridgehead atoms. The van der Waals surface area contributed by atoms with Crippen LogP contribution in [0.3, 0.4) is 0 Å². The van der Waals surface area contributed by atoms with Crippen molar-refractivity contribution >= 4 is 34.0 Å². The van der Waals surface area contributed by atoms with Crippen molar-refractivity contribution in [2.24, 2.45) is 16.5 Å². The average Bonchev–Trinajstić information content (AvgIpc) is 2.53. The van der Waals surface area contributed by atoms with Crippen molar-refractivity contribution in [1.29, 1.82) is 0 Å². The van der Waals surface area contributed by atoms with Gasteiger partial charge in [-0.15, -0.1) is 0 Å². The van der Waals surface area contributed by atoms with E-state index in [0.29, 0.717) is 25.2 Å². The summed E-state index contributed by atoms with van der Waals surface area (Å²) in [6, 6.07) is 9.55. The molecule has 2 rings (SSSR count). The Kier molecular flexibility index (Phi) is 8.33. The van der Waals surface area contributed by atoms with E-state index >= 15 is 0 Å². The van der Waals surface area contributed by atoms with Crippen LogP contribution in [0.1, 0.15) is 16.9 Å². The lowest BCUT2D eigenvalue weighted by atomic mass is 10.1. The molecule has 1 heterocycles. The molecule has 7 N–H and O–H groups in total. The van der Waals surface area contributed by atoms with Gasteiger partial charge in [0.15, 0.2) is 5.96 Å². The number of carbonyl (C=O) groups is 1. The lowest BCUT2D eigenvalue weighted by molar-refractivity contribution is 0.0948. The molecule has 1 aromatic carbocycles. The largest absolute Gasteiger partial charge is 0.370 e. The molecule has 0 saturated carbocycles. The average molecular weight is 353 g/mol. The van der Waals surface area contributed by atoms with Gasteiger partial charge in [0.05, 0.1) is 0 Å². The summed E-state index contributed by atoms with van der Waals surface area (Å²) in [6.45, 7) is 0.998. The Bertz CT molecular complexity index is 730. The van der Waals surface area contributed by atoms with Crippen LogP contribution in [-0.4, -0.2) is 43.3 Å².